The van der Waals surface area contributed by atoms with Crippen LogP contribution in [0.4, 0.5) is 0 Å². The molecule has 0 spiro atoms. The summed E-state index contributed by atoms with van der Waals surface area (Å²) in [5.74, 6) is 0.124. The van der Waals surface area contributed by atoms with E-state index in [0.29, 0.717) is 11.7 Å². The van der Waals surface area contributed by atoms with E-state index in [9.17, 15) is 9.59 Å². The van der Waals surface area contributed by atoms with Crippen LogP contribution in [0.5, 0.6) is 0 Å². The van der Waals surface area contributed by atoms with E-state index in [1.54, 1.807) is 4.57 Å². The second-order valence-electron chi connectivity index (χ2n) is 5.09. The molecule has 1 amide bonds. The summed E-state index contributed by atoms with van der Waals surface area (Å²) >= 11 is 4.65. The van der Waals surface area contributed by atoms with E-state index >= 15 is 0 Å². The molecule has 1 heterocycles. The summed E-state index contributed by atoms with van der Waals surface area (Å²) in [6.45, 7) is 4.52. The Morgan fingerprint density at radius 1 is 1.43 bits per heavy atom. The van der Waals surface area contributed by atoms with Gasteiger partial charge >= 0.3 is 5.69 Å². The molecule has 0 aliphatic heterocycles. The van der Waals surface area contributed by atoms with Crippen LogP contribution in [0, 0.1) is 0 Å². The van der Waals surface area contributed by atoms with Gasteiger partial charge in [-0.3, -0.25) is 9.36 Å². The third-order valence-corrected chi connectivity index (χ3v) is 4.76. The summed E-state index contributed by atoms with van der Waals surface area (Å²) < 4.78 is 2.55. The molecule has 1 aromatic carbocycles. The van der Waals surface area contributed by atoms with Gasteiger partial charge in [0.1, 0.15) is 0 Å². The minimum atomic E-state index is -0.238. The molecule has 2 aromatic rings. The van der Waals surface area contributed by atoms with E-state index in [1.165, 1.54) is 11.8 Å². The molecule has 1 atom stereocenters. The van der Waals surface area contributed by atoms with Gasteiger partial charge in [-0.15, -0.1) is 5.10 Å². The molecule has 2 N–H and O–H groups in total. The van der Waals surface area contributed by atoms with Gasteiger partial charge in [0.05, 0.1) is 11.8 Å². The lowest BCUT2D eigenvalue weighted by atomic mass is 10.1. The predicted molar refractivity (Wildman–Crippen MR) is 94.6 cm³/mol. The van der Waals surface area contributed by atoms with Crippen LogP contribution in [0.25, 0.3) is 0 Å². The number of aromatic amines is 1. The van der Waals surface area contributed by atoms with E-state index < -0.39 is 0 Å². The van der Waals surface area contributed by atoms with Crippen molar-refractivity contribution in [3.05, 3.63) is 44.8 Å². The van der Waals surface area contributed by atoms with Gasteiger partial charge in [-0.05, 0) is 31.0 Å². The highest BCUT2D eigenvalue weighted by Gasteiger charge is 2.13. The van der Waals surface area contributed by atoms with Crippen molar-refractivity contribution in [1.29, 1.82) is 0 Å². The third-order valence-electron chi connectivity index (χ3n) is 3.25. The standard InChI is InChI=1S/C15H19BrN4O2S/c1-3-8-20-14(22)18-19-15(20)23-9-13(21)17-10(2)11-4-6-12(16)7-5-11/h4-7,10H,3,8-9H2,1-2H3,(H,17,21)(H,18,22)/t10-/m0/s1. The Hall–Kier alpha value is -1.54. The number of nitrogens with one attached hydrogen (secondary N) is 2. The molecule has 0 fully saturated rings. The number of aromatic nitrogens is 3. The topological polar surface area (TPSA) is 79.8 Å². The number of carbonyl (C=O) groups excluding carboxylic acids is 1. The molecule has 0 saturated heterocycles. The van der Waals surface area contributed by atoms with Crippen LogP contribution in [-0.2, 0) is 11.3 Å². The zero-order valence-electron chi connectivity index (χ0n) is 13.0. The van der Waals surface area contributed by atoms with Crippen molar-refractivity contribution in [2.75, 3.05) is 5.75 Å². The van der Waals surface area contributed by atoms with Crippen molar-refractivity contribution < 1.29 is 4.79 Å². The first-order chi connectivity index (χ1) is 11.0. The molecule has 0 radical (unpaired) electrons. The number of hydrogen-bond donors (Lipinski definition) is 2. The minimum Gasteiger partial charge on any atom is -0.349 e. The Morgan fingerprint density at radius 3 is 2.78 bits per heavy atom. The average Bonchev–Trinajstić information content (AvgIpc) is 2.87. The highest BCUT2D eigenvalue weighted by molar-refractivity contribution is 9.10. The summed E-state index contributed by atoms with van der Waals surface area (Å²) in [7, 11) is 0. The van der Waals surface area contributed by atoms with Crippen LogP contribution in [0.3, 0.4) is 0 Å². The molecule has 6 nitrogen and oxygen atoms in total. The number of benzene rings is 1. The number of carbonyl (C=O) groups is 1. The minimum absolute atomic E-state index is 0.0757. The van der Waals surface area contributed by atoms with Gasteiger partial charge in [0.25, 0.3) is 0 Å². The highest BCUT2D eigenvalue weighted by Crippen LogP contribution is 2.17. The van der Waals surface area contributed by atoms with Gasteiger partial charge < -0.3 is 5.32 Å². The van der Waals surface area contributed by atoms with Crippen molar-refractivity contribution in [3.63, 3.8) is 0 Å². The summed E-state index contributed by atoms with van der Waals surface area (Å²) in [5.41, 5.74) is 0.798. The Balaban J connectivity index is 1.90. The molecule has 0 saturated carbocycles. The lowest BCUT2D eigenvalue weighted by molar-refractivity contribution is -0.119. The number of nitrogens with zero attached hydrogens (tertiary/aromatic N) is 2. The SMILES string of the molecule is CCCn1c(SCC(=O)N[C@@H](C)c2ccc(Br)cc2)n[nH]c1=O. The first-order valence-corrected chi connectivity index (χ1v) is 9.12. The van der Waals surface area contributed by atoms with E-state index in [2.05, 4.69) is 31.4 Å². The Morgan fingerprint density at radius 2 is 2.13 bits per heavy atom. The lowest BCUT2D eigenvalue weighted by Gasteiger charge is -2.14. The maximum Gasteiger partial charge on any atom is 0.343 e. The zero-order valence-corrected chi connectivity index (χ0v) is 15.4. The Kier molecular flexibility index (Phi) is 6.47. The number of rotatable bonds is 7. The van der Waals surface area contributed by atoms with E-state index in [1.807, 2.05) is 38.1 Å². The van der Waals surface area contributed by atoms with Crippen LogP contribution < -0.4 is 11.0 Å². The van der Waals surface area contributed by atoms with Gasteiger partial charge in [0.15, 0.2) is 5.16 Å². The first-order valence-electron chi connectivity index (χ1n) is 7.34. The maximum absolute atomic E-state index is 12.1. The van der Waals surface area contributed by atoms with E-state index in [0.717, 1.165) is 16.5 Å². The molecule has 0 bridgehead atoms. The molecule has 1 aromatic heterocycles. The van der Waals surface area contributed by atoms with Crippen LogP contribution in [0.15, 0.2) is 38.7 Å². The number of thioether (sulfide) groups is 1. The number of amides is 1. The van der Waals surface area contributed by atoms with Crippen LogP contribution >= 0.6 is 27.7 Å². The first kappa shape index (κ1) is 17.8. The normalized spacial score (nSPS) is 12.1. The van der Waals surface area contributed by atoms with Crippen molar-refractivity contribution in [3.8, 4) is 0 Å². The zero-order chi connectivity index (χ0) is 16.8. The average molecular weight is 399 g/mol. The largest absolute Gasteiger partial charge is 0.349 e. The second-order valence-corrected chi connectivity index (χ2v) is 6.95. The van der Waals surface area contributed by atoms with Crippen molar-refractivity contribution in [2.24, 2.45) is 0 Å². The number of hydrogen-bond acceptors (Lipinski definition) is 4. The fourth-order valence-electron chi connectivity index (χ4n) is 2.08. The summed E-state index contributed by atoms with van der Waals surface area (Å²) in [6, 6.07) is 7.75. The summed E-state index contributed by atoms with van der Waals surface area (Å²) in [5, 5.41) is 9.86. The van der Waals surface area contributed by atoms with Crippen molar-refractivity contribution in [2.45, 2.75) is 38.0 Å². The van der Waals surface area contributed by atoms with E-state index in [4.69, 9.17) is 0 Å². The third kappa shape index (κ3) is 4.97. The van der Waals surface area contributed by atoms with Gasteiger partial charge in [-0.2, -0.15) is 0 Å². The molecule has 8 heteroatoms. The maximum atomic E-state index is 12.1. The summed E-state index contributed by atoms with van der Waals surface area (Å²) in [6.07, 6.45) is 0.833. The molecule has 2 rings (SSSR count). The second kappa shape index (κ2) is 8.35. The van der Waals surface area contributed by atoms with E-state index in [-0.39, 0.29) is 23.4 Å². The highest BCUT2D eigenvalue weighted by atomic mass is 79.9. The van der Waals surface area contributed by atoms with Gasteiger partial charge in [0, 0.05) is 11.0 Å². The smallest absolute Gasteiger partial charge is 0.343 e. The molecule has 0 unspecified atom stereocenters. The molecular weight excluding hydrogens is 380 g/mol. The monoisotopic (exact) mass is 398 g/mol. The number of halogens is 1. The van der Waals surface area contributed by atoms with Crippen LogP contribution in [0.2, 0.25) is 0 Å². The van der Waals surface area contributed by atoms with Gasteiger partial charge in [-0.1, -0.05) is 46.7 Å². The predicted octanol–water partition coefficient (Wildman–Crippen LogP) is 2.71. The molecule has 124 valence electrons. The fourth-order valence-corrected chi connectivity index (χ4v) is 3.13. The van der Waals surface area contributed by atoms with Crippen LogP contribution in [0.1, 0.15) is 31.9 Å². The molecule has 0 aliphatic rings. The molecular formula is C15H19BrN4O2S. The fraction of sp³-hybridized carbons (Fsp3) is 0.400. The van der Waals surface area contributed by atoms with Gasteiger partial charge in [0.2, 0.25) is 5.91 Å². The Labute approximate surface area is 147 Å². The van der Waals surface area contributed by atoms with Crippen molar-refractivity contribution in [1.82, 2.24) is 20.1 Å². The number of H-pyrrole nitrogens is 1. The van der Waals surface area contributed by atoms with Crippen LogP contribution in [-0.4, -0.2) is 26.4 Å². The van der Waals surface area contributed by atoms with Crippen molar-refractivity contribution >= 4 is 33.6 Å². The Bertz CT molecular complexity index is 711. The van der Waals surface area contributed by atoms with Gasteiger partial charge in [-0.25, -0.2) is 9.89 Å². The quantitative estimate of drug-likeness (QED) is 0.702. The molecule has 23 heavy (non-hydrogen) atoms. The molecule has 0 aliphatic carbocycles. The summed E-state index contributed by atoms with van der Waals surface area (Å²) in [4.78, 5) is 23.7. The lowest BCUT2D eigenvalue weighted by Crippen LogP contribution is -2.28.